The Balaban J connectivity index is 1.26. The molecule has 0 radical (unpaired) electrons. The van der Waals surface area contributed by atoms with Crippen LogP contribution in [0.3, 0.4) is 0 Å². The average molecular weight is 550 g/mol. The molecule has 1 saturated heterocycles. The minimum absolute atomic E-state index is 0.0285. The molecule has 1 fully saturated rings. The number of rotatable bonds is 9. The lowest BCUT2D eigenvalue weighted by molar-refractivity contribution is -0.124. The number of methoxy groups -OCH3 is 1. The minimum atomic E-state index is -1.07. The number of benzene rings is 2. The lowest BCUT2D eigenvalue weighted by Gasteiger charge is -2.26. The fourth-order valence-electron chi connectivity index (χ4n) is 4.71. The third-order valence-corrected chi connectivity index (χ3v) is 6.76. The van der Waals surface area contributed by atoms with Gasteiger partial charge in [-0.25, -0.2) is 14.4 Å². The first kappa shape index (κ1) is 27.0. The molecule has 2 amide bonds. The lowest BCUT2D eigenvalue weighted by atomic mass is 10.1. The first-order valence-electron chi connectivity index (χ1n) is 12.8. The van der Waals surface area contributed by atoms with E-state index in [4.69, 9.17) is 4.74 Å². The highest BCUT2D eigenvalue weighted by atomic mass is 19.2. The van der Waals surface area contributed by atoms with Gasteiger partial charge in [0.15, 0.2) is 23.0 Å². The Hall–Kier alpha value is -4.58. The molecule has 1 aliphatic heterocycles. The maximum Gasteiger partial charge on any atom is 0.251 e. The van der Waals surface area contributed by atoms with Crippen LogP contribution in [0.5, 0.6) is 5.75 Å². The summed E-state index contributed by atoms with van der Waals surface area (Å²) in [6.45, 7) is 4.94. The van der Waals surface area contributed by atoms with Crippen LogP contribution < -0.4 is 20.7 Å². The number of amides is 2. The number of carbonyl (C=O) groups excluding carboxylic acids is 2. The predicted molar refractivity (Wildman–Crippen MR) is 146 cm³/mol. The number of aryl methyl sites for hydroxylation is 1. The van der Waals surface area contributed by atoms with Gasteiger partial charge in [-0.1, -0.05) is 0 Å². The number of hydrogen-bond donors (Lipinski definition) is 3. The number of piperazine rings is 1. The van der Waals surface area contributed by atoms with E-state index >= 15 is 0 Å². The number of ether oxygens (including phenoxy) is 1. The quantitative estimate of drug-likeness (QED) is 0.275. The van der Waals surface area contributed by atoms with Gasteiger partial charge < -0.3 is 20.7 Å². The van der Waals surface area contributed by atoms with Gasteiger partial charge >= 0.3 is 0 Å². The van der Waals surface area contributed by atoms with Crippen LogP contribution in [0.1, 0.15) is 22.3 Å². The van der Waals surface area contributed by atoms with Gasteiger partial charge in [-0.2, -0.15) is 4.39 Å². The maximum atomic E-state index is 14.8. The monoisotopic (exact) mass is 549 g/mol. The van der Waals surface area contributed by atoms with Crippen molar-refractivity contribution in [2.45, 2.75) is 13.3 Å². The van der Waals surface area contributed by atoms with Gasteiger partial charge in [0, 0.05) is 55.4 Å². The molecular formula is C28H29F2N7O3. The van der Waals surface area contributed by atoms with Crippen molar-refractivity contribution in [3.63, 3.8) is 0 Å². The normalized spacial score (nSPS) is 13.8. The summed E-state index contributed by atoms with van der Waals surface area (Å²) in [6, 6.07) is 8.13. The van der Waals surface area contributed by atoms with Crippen LogP contribution in [0.25, 0.3) is 16.9 Å². The smallest absolute Gasteiger partial charge is 0.251 e. The summed E-state index contributed by atoms with van der Waals surface area (Å²) in [6.07, 6.45) is 5.34. The Morgan fingerprint density at radius 3 is 2.80 bits per heavy atom. The van der Waals surface area contributed by atoms with E-state index in [1.807, 2.05) is 13.0 Å². The van der Waals surface area contributed by atoms with Crippen molar-refractivity contribution >= 4 is 29.0 Å². The molecule has 0 bridgehead atoms. The van der Waals surface area contributed by atoms with Crippen LogP contribution in [-0.4, -0.2) is 70.9 Å². The summed E-state index contributed by atoms with van der Waals surface area (Å²) < 4.78 is 35.6. The number of halogens is 2. The van der Waals surface area contributed by atoms with Crippen LogP contribution in [0, 0.1) is 18.6 Å². The van der Waals surface area contributed by atoms with Crippen molar-refractivity contribution in [2.75, 3.05) is 45.2 Å². The van der Waals surface area contributed by atoms with E-state index in [9.17, 15) is 18.4 Å². The third kappa shape index (κ3) is 5.57. The number of hydrogen-bond acceptors (Lipinski definition) is 7. The van der Waals surface area contributed by atoms with Crippen molar-refractivity contribution in [1.82, 2.24) is 29.9 Å². The van der Waals surface area contributed by atoms with Gasteiger partial charge in [0.25, 0.3) is 5.91 Å². The predicted octanol–water partition coefficient (Wildman–Crippen LogP) is 3.29. The summed E-state index contributed by atoms with van der Waals surface area (Å²) >= 11 is 0. The van der Waals surface area contributed by atoms with Crippen molar-refractivity contribution in [1.29, 1.82) is 0 Å². The van der Waals surface area contributed by atoms with Gasteiger partial charge in [-0.15, -0.1) is 0 Å². The zero-order valence-electron chi connectivity index (χ0n) is 22.1. The highest BCUT2D eigenvalue weighted by Gasteiger charge is 2.20. The Morgan fingerprint density at radius 1 is 1.18 bits per heavy atom. The van der Waals surface area contributed by atoms with Gasteiger partial charge in [0.05, 0.1) is 25.5 Å². The van der Waals surface area contributed by atoms with Crippen molar-refractivity contribution < 1.29 is 23.1 Å². The second-order valence-corrected chi connectivity index (χ2v) is 9.45. The SMILES string of the molecule is COc1ccc(-c2cnc3c(Nc4ccc(C(=O)NCCCN5CCNC(=O)C5)c(C)c4)nccn23)c(F)c1F. The number of aromatic nitrogens is 3. The maximum absolute atomic E-state index is 14.8. The fraction of sp³-hybridized carbons (Fsp3) is 0.286. The molecule has 5 rings (SSSR count). The highest BCUT2D eigenvalue weighted by molar-refractivity contribution is 5.96. The largest absolute Gasteiger partial charge is 0.494 e. The molecule has 0 unspecified atom stereocenters. The fourth-order valence-corrected chi connectivity index (χ4v) is 4.71. The molecule has 3 N–H and O–H groups in total. The molecule has 2 aromatic heterocycles. The zero-order valence-corrected chi connectivity index (χ0v) is 22.1. The van der Waals surface area contributed by atoms with Gasteiger partial charge in [-0.05, 0) is 49.2 Å². The second kappa shape index (κ2) is 11.7. The Bertz CT molecular complexity index is 1570. The van der Waals surface area contributed by atoms with E-state index in [0.717, 1.165) is 25.1 Å². The lowest BCUT2D eigenvalue weighted by Crippen LogP contribution is -2.48. The summed E-state index contributed by atoms with van der Waals surface area (Å²) in [5, 5.41) is 8.94. The van der Waals surface area contributed by atoms with Gasteiger partial charge in [0.2, 0.25) is 11.7 Å². The number of nitrogens with zero attached hydrogens (tertiary/aromatic N) is 4. The molecule has 12 heteroatoms. The topological polar surface area (TPSA) is 113 Å². The molecule has 0 aliphatic carbocycles. The summed E-state index contributed by atoms with van der Waals surface area (Å²) in [5.74, 6) is -2.02. The van der Waals surface area contributed by atoms with Crippen LogP contribution in [0.4, 0.5) is 20.3 Å². The highest BCUT2D eigenvalue weighted by Crippen LogP contribution is 2.31. The third-order valence-electron chi connectivity index (χ3n) is 6.76. The molecule has 208 valence electrons. The Labute approximate surface area is 229 Å². The molecule has 0 saturated carbocycles. The molecule has 0 spiro atoms. The molecular weight excluding hydrogens is 520 g/mol. The van der Waals surface area contributed by atoms with E-state index < -0.39 is 11.6 Å². The Kier molecular flexibility index (Phi) is 7.87. The molecule has 0 atom stereocenters. The number of nitrogens with one attached hydrogen (secondary N) is 3. The van der Waals surface area contributed by atoms with Gasteiger partial charge in [-0.3, -0.25) is 18.9 Å². The molecule has 10 nitrogen and oxygen atoms in total. The minimum Gasteiger partial charge on any atom is -0.494 e. The van der Waals surface area contributed by atoms with E-state index in [1.54, 1.807) is 22.7 Å². The molecule has 40 heavy (non-hydrogen) atoms. The van der Waals surface area contributed by atoms with Gasteiger partial charge in [0.1, 0.15) is 0 Å². The number of imidazole rings is 1. The molecule has 1 aliphatic rings. The van der Waals surface area contributed by atoms with Crippen molar-refractivity contribution in [3.8, 4) is 17.0 Å². The van der Waals surface area contributed by atoms with Crippen LogP contribution in [-0.2, 0) is 4.79 Å². The van der Waals surface area contributed by atoms with Crippen LogP contribution in [0.15, 0.2) is 48.9 Å². The number of fused-ring (bicyclic) bond motifs is 1. The average Bonchev–Trinajstić information content (AvgIpc) is 3.37. The van der Waals surface area contributed by atoms with E-state index in [1.165, 1.54) is 31.6 Å². The molecule has 4 aromatic rings. The standard InChI is InChI=1S/C28H29F2N7O3/c1-17-14-18(4-5-19(17)28(39)33-8-3-11-36-12-9-31-23(38)16-36)35-26-27-34-15-21(37(27)13-10-32-26)20-6-7-22(40-2)25(30)24(20)29/h4-7,10,13-15H,3,8-9,11-12,16H2,1-2H3,(H,31,38)(H,32,35)(H,33,39). The summed E-state index contributed by atoms with van der Waals surface area (Å²) in [5.41, 5.74) is 2.81. The number of carbonyl (C=O) groups is 2. The number of anilines is 2. The van der Waals surface area contributed by atoms with Crippen molar-refractivity contribution in [2.24, 2.45) is 0 Å². The molecule has 3 heterocycles. The first-order valence-corrected chi connectivity index (χ1v) is 12.8. The summed E-state index contributed by atoms with van der Waals surface area (Å²) in [7, 11) is 1.27. The summed E-state index contributed by atoms with van der Waals surface area (Å²) in [4.78, 5) is 35.0. The Morgan fingerprint density at radius 2 is 2.02 bits per heavy atom. The van der Waals surface area contributed by atoms with E-state index in [2.05, 4.69) is 30.8 Å². The van der Waals surface area contributed by atoms with Crippen molar-refractivity contribution in [3.05, 3.63) is 71.7 Å². The first-order chi connectivity index (χ1) is 19.4. The second-order valence-electron chi connectivity index (χ2n) is 9.45. The van der Waals surface area contributed by atoms with Crippen LogP contribution >= 0.6 is 0 Å². The van der Waals surface area contributed by atoms with Crippen LogP contribution in [0.2, 0.25) is 0 Å². The molecule has 2 aromatic carbocycles. The van der Waals surface area contributed by atoms with E-state index in [0.29, 0.717) is 48.0 Å². The van der Waals surface area contributed by atoms with E-state index in [-0.39, 0.29) is 23.1 Å². The zero-order chi connectivity index (χ0) is 28.2.